The zero-order valence-corrected chi connectivity index (χ0v) is 29.6. The van der Waals surface area contributed by atoms with Gasteiger partial charge in [-0.15, -0.1) is 0 Å². The Balaban J connectivity index is 1.34. The Kier molecular flexibility index (Phi) is 12.3. The predicted molar refractivity (Wildman–Crippen MR) is 187 cm³/mol. The fourth-order valence-corrected chi connectivity index (χ4v) is 6.55. The summed E-state index contributed by atoms with van der Waals surface area (Å²) in [7, 11) is 1.43. The van der Waals surface area contributed by atoms with Gasteiger partial charge in [-0.1, -0.05) is 6.07 Å². The normalized spacial score (nSPS) is 14.2. The zero-order chi connectivity index (χ0) is 34.1. The molecule has 3 amide bonds. The second-order valence-corrected chi connectivity index (χ2v) is 12.1. The molecule has 246 valence electrons. The molecule has 14 nitrogen and oxygen atoms in total. The zero-order valence-electron chi connectivity index (χ0n) is 25.3. The molecular formula is C31H29I2N5O9. The lowest BCUT2D eigenvalue weighted by molar-refractivity contribution is -0.384. The van der Waals surface area contributed by atoms with Crippen molar-refractivity contribution in [1.82, 2.24) is 16.1 Å². The van der Waals surface area contributed by atoms with Crippen LogP contribution >= 0.6 is 45.2 Å². The van der Waals surface area contributed by atoms with E-state index in [1.165, 1.54) is 25.5 Å². The number of carbonyl (C=O) groups is 3. The van der Waals surface area contributed by atoms with E-state index in [1.54, 1.807) is 44.2 Å². The number of nitro groups is 1. The minimum absolute atomic E-state index is 0.0129. The molecule has 0 aromatic heterocycles. The number of amides is 3. The van der Waals surface area contributed by atoms with Crippen molar-refractivity contribution in [3.05, 3.63) is 99.8 Å². The molecule has 1 atom stereocenters. The Morgan fingerprint density at radius 2 is 1.77 bits per heavy atom. The van der Waals surface area contributed by atoms with Crippen LogP contribution in [0.15, 0.2) is 71.0 Å². The molecule has 0 aliphatic carbocycles. The van der Waals surface area contributed by atoms with Gasteiger partial charge in [0.1, 0.15) is 12.4 Å². The fourth-order valence-electron chi connectivity index (χ4n) is 4.42. The molecule has 1 aliphatic rings. The number of hydrogen-bond acceptors (Lipinski definition) is 10. The smallest absolute Gasteiger partial charge is 0.338 e. The highest BCUT2D eigenvalue weighted by atomic mass is 127. The van der Waals surface area contributed by atoms with Crippen LogP contribution in [0.5, 0.6) is 17.2 Å². The number of ether oxygens (including phenoxy) is 4. The molecule has 3 N–H and O–H groups in total. The second-order valence-electron chi connectivity index (χ2n) is 9.81. The van der Waals surface area contributed by atoms with Crippen molar-refractivity contribution in [2.45, 2.75) is 26.5 Å². The van der Waals surface area contributed by atoms with E-state index in [9.17, 15) is 24.5 Å². The molecule has 3 aromatic rings. The molecule has 16 heteroatoms. The Bertz CT molecular complexity index is 1720. The third kappa shape index (κ3) is 9.31. The number of nitro benzene ring substituents is 1. The summed E-state index contributed by atoms with van der Waals surface area (Å²) in [4.78, 5) is 47.7. The Hall–Kier alpha value is -4.46. The van der Waals surface area contributed by atoms with Gasteiger partial charge < -0.3 is 29.6 Å². The quantitative estimate of drug-likeness (QED) is 0.0692. The predicted octanol–water partition coefficient (Wildman–Crippen LogP) is 5.11. The van der Waals surface area contributed by atoms with Gasteiger partial charge in [0.05, 0.1) is 43.6 Å². The number of urea groups is 1. The Labute approximate surface area is 296 Å². The van der Waals surface area contributed by atoms with E-state index in [-0.39, 0.29) is 42.6 Å². The van der Waals surface area contributed by atoms with E-state index in [1.807, 2.05) is 12.1 Å². The van der Waals surface area contributed by atoms with Crippen LogP contribution < -0.4 is 30.3 Å². The number of halogens is 2. The molecule has 0 radical (unpaired) electrons. The highest BCUT2D eigenvalue weighted by Gasteiger charge is 2.32. The monoisotopic (exact) mass is 869 g/mol. The van der Waals surface area contributed by atoms with Crippen LogP contribution in [0.3, 0.4) is 0 Å². The molecule has 0 fully saturated rings. The van der Waals surface area contributed by atoms with Crippen molar-refractivity contribution in [3.63, 3.8) is 0 Å². The van der Waals surface area contributed by atoms with E-state index in [2.05, 4.69) is 66.3 Å². The first-order chi connectivity index (χ1) is 22.5. The number of nitrogens with zero attached hydrogens (tertiary/aromatic N) is 2. The van der Waals surface area contributed by atoms with Gasteiger partial charge in [-0.2, -0.15) is 5.10 Å². The molecule has 4 rings (SSSR count). The molecule has 0 bridgehead atoms. The molecule has 1 heterocycles. The Morgan fingerprint density at radius 1 is 1.06 bits per heavy atom. The fraction of sp³-hybridized carbons (Fsp3) is 0.226. The maximum absolute atomic E-state index is 12.6. The first-order valence-corrected chi connectivity index (χ1v) is 16.1. The molecule has 0 saturated carbocycles. The average Bonchev–Trinajstić information content (AvgIpc) is 3.03. The Morgan fingerprint density at radius 3 is 2.40 bits per heavy atom. The molecule has 0 spiro atoms. The van der Waals surface area contributed by atoms with Crippen LogP contribution in [-0.2, 0) is 20.9 Å². The van der Waals surface area contributed by atoms with Gasteiger partial charge in [0.2, 0.25) is 0 Å². The molecule has 0 unspecified atom stereocenters. The molecule has 47 heavy (non-hydrogen) atoms. The summed E-state index contributed by atoms with van der Waals surface area (Å²) < 4.78 is 23.9. The number of nitrogens with one attached hydrogen (secondary N) is 3. The van der Waals surface area contributed by atoms with Gasteiger partial charge in [0, 0.05) is 17.8 Å². The van der Waals surface area contributed by atoms with Crippen molar-refractivity contribution in [2.75, 3.05) is 20.3 Å². The van der Waals surface area contributed by atoms with Gasteiger partial charge in [0.15, 0.2) is 18.1 Å². The number of rotatable bonds is 13. The number of methoxy groups -OCH3 is 1. The van der Waals surface area contributed by atoms with E-state index in [4.69, 9.17) is 18.9 Å². The van der Waals surface area contributed by atoms with Crippen molar-refractivity contribution in [2.24, 2.45) is 5.10 Å². The lowest BCUT2D eigenvalue weighted by Crippen LogP contribution is -2.45. The second kappa shape index (κ2) is 16.4. The lowest BCUT2D eigenvalue weighted by Gasteiger charge is -2.28. The van der Waals surface area contributed by atoms with Crippen molar-refractivity contribution >= 4 is 75.0 Å². The molecule has 3 aromatic carbocycles. The van der Waals surface area contributed by atoms with Gasteiger partial charge in [-0.3, -0.25) is 14.9 Å². The summed E-state index contributed by atoms with van der Waals surface area (Å²) in [6, 6.07) is 13.4. The summed E-state index contributed by atoms with van der Waals surface area (Å²) >= 11 is 4.27. The first-order valence-electron chi connectivity index (χ1n) is 13.9. The van der Waals surface area contributed by atoms with E-state index in [0.29, 0.717) is 17.0 Å². The van der Waals surface area contributed by atoms with Crippen LogP contribution in [0.4, 0.5) is 10.5 Å². The standard InChI is InChI=1S/C31H29I2N5O9/c1-4-45-30(40)27-17(2)35-31(41)36-28(27)20-7-10-24(25(13-20)44-3)46-16-26(39)37-34-14-19-11-22(32)29(23(33)12-19)47-15-18-5-8-21(9-6-18)38(42)43/h5-14,28H,4,15-16H2,1-3H3,(H,37,39)(H2,35,36,41)/b34-14-/t28-/m0/s1. The number of hydrogen-bond donors (Lipinski definition) is 3. The van der Waals surface area contributed by atoms with E-state index < -0.39 is 28.9 Å². The average molecular weight is 869 g/mol. The minimum Gasteiger partial charge on any atom is -0.493 e. The number of carbonyl (C=O) groups excluding carboxylic acids is 3. The number of allylic oxidation sites excluding steroid dienone is 1. The van der Waals surface area contributed by atoms with Gasteiger partial charge in [-0.05, 0) is 112 Å². The summed E-state index contributed by atoms with van der Waals surface area (Å²) in [5.41, 5.74) is 5.13. The van der Waals surface area contributed by atoms with Crippen molar-refractivity contribution in [3.8, 4) is 17.2 Å². The van der Waals surface area contributed by atoms with Gasteiger partial charge >= 0.3 is 12.0 Å². The molecule has 0 saturated heterocycles. The van der Waals surface area contributed by atoms with Crippen LogP contribution in [0.2, 0.25) is 0 Å². The SMILES string of the molecule is CCOC(=O)C1=C(C)NC(=O)N[C@H]1c1ccc(OCC(=O)N/N=C\c2cc(I)c(OCc3ccc([N+](=O)[O-])cc3)c(I)c2)c(OC)c1. The van der Waals surface area contributed by atoms with Crippen LogP contribution in [0, 0.1) is 17.3 Å². The topological polar surface area (TPSA) is 180 Å². The van der Waals surface area contributed by atoms with E-state index >= 15 is 0 Å². The summed E-state index contributed by atoms with van der Waals surface area (Å²) in [6.45, 7) is 3.35. The van der Waals surface area contributed by atoms with Gasteiger partial charge in [-0.25, -0.2) is 15.0 Å². The van der Waals surface area contributed by atoms with Crippen LogP contribution in [-0.4, -0.2) is 49.4 Å². The van der Waals surface area contributed by atoms with Crippen LogP contribution in [0.25, 0.3) is 0 Å². The molecule has 1 aliphatic heterocycles. The summed E-state index contributed by atoms with van der Waals surface area (Å²) in [5, 5.41) is 20.2. The van der Waals surface area contributed by atoms with Crippen molar-refractivity contribution in [1.29, 1.82) is 0 Å². The minimum atomic E-state index is -0.787. The number of benzene rings is 3. The maximum Gasteiger partial charge on any atom is 0.338 e. The number of hydrazone groups is 1. The maximum atomic E-state index is 12.6. The number of non-ortho nitro benzene ring substituents is 1. The number of esters is 1. The van der Waals surface area contributed by atoms with Crippen molar-refractivity contribution < 1.29 is 38.3 Å². The third-order valence-electron chi connectivity index (χ3n) is 6.60. The highest BCUT2D eigenvalue weighted by Crippen LogP contribution is 2.35. The van der Waals surface area contributed by atoms with E-state index in [0.717, 1.165) is 18.3 Å². The summed E-state index contributed by atoms with van der Waals surface area (Å²) in [6.07, 6.45) is 1.49. The highest BCUT2D eigenvalue weighted by molar-refractivity contribution is 14.1. The first kappa shape index (κ1) is 35.4. The van der Waals surface area contributed by atoms with Gasteiger partial charge in [0.25, 0.3) is 11.6 Å². The molecular weight excluding hydrogens is 840 g/mol. The third-order valence-corrected chi connectivity index (χ3v) is 8.20. The largest absolute Gasteiger partial charge is 0.493 e. The lowest BCUT2D eigenvalue weighted by atomic mass is 9.95. The van der Waals surface area contributed by atoms with Crippen LogP contribution in [0.1, 0.15) is 36.6 Å². The summed E-state index contributed by atoms with van der Waals surface area (Å²) in [5.74, 6) is 0.126.